The second-order valence-corrected chi connectivity index (χ2v) is 4.35. The Labute approximate surface area is 114 Å². The summed E-state index contributed by atoms with van der Waals surface area (Å²) in [6.07, 6.45) is 1.43. The molecule has 0 saturated carbocycles. The third kappa shape index (κ3) is 1.91. The van der Waals surface area contributed by atoms with E-state index in [0.29, 0.717) is 22.0 Å². The smallest absolute Gasteiger partial charge is 0.336 e. The van der Waals surface area contributed by atoms with Gasteiger partial charge in [-0.05, 0) is 12.1 Å². The second-order valence-electron chi connectivity index (χ2n) is 4.35. The standard InChI is InChI=1S/C16H10FNO2/c17-14-7-2-1-4-10(14)11-5-3-6-12-13(16(19)20)8-9-18-15(11)12/h1-9H,(H,19,20). The zero-order valence-electron chi connectivity index (χ0n) is 10.4. The number of hydrogen-bond donors (Lipinski definition) is 1. The number of benzene rings is 2. The van der Waals surface area contributed by atoms with Crippen LogP contribution >= 0.6 is 0 Å². The molecule has 0 aliphatic carbocycles. The first-order chi connectivity index (χ1) is 9.68. The van der Waals surface area contributed by atoms with E-state index in [1.54, 1.807) is 36.4 Å². The molecule has 0 spiro atoms. The second kappa shape index (κ2) is 4.74. The van der Waals surface area contributed by atoms with Crippen molar-refractivity contribution in [1.82, 2.24) is 4.98 Å². The number of carbonyl (C=O) groups is 1. The predicted molar refractivity (Wildman–Crippen MR) is 74.1 cm³/mol. The Kier molecular flexibility index (Phi) is 2.91. The lowest BCUT2D eigenvalue weighted by atomic mass is 9.99. The lowest BCUT2D eigenvalue weighted by molar-refractivity contribution is 0.0699. The number of aromatic nitrogens is 1. The van der Waals surface area contributed by atoms with Crippen LogP contribution in [0.4, 0.5) is 4.39 Å². The van der Waals surface area contributed by atoms with E-state index in [2.05, 4.69) is 4.98 Å². The van der Waals surface area contributed by atoms with Crippen molar-refractivity contribution in [3.8, 4) is 11.1 Å². The molecule has 3 nitrogen and oxygen atoms in total. The number of hydrogen-bond acceptors (Lipinski definition) is 2. The molecule has 0 saturated heterocycles. The quantitative estimate of drug-likeness (QED) is 0.769. The third-order valence-corrected chi connectivity index (χ3v) is 3.17. The number of para-hydroxylation sites is 1. The number of rotatable bonds is 2. The van der Waals surface area contributed by atoms with Gasteiger partial charge in [-0.25, -0.2) is 9.18 Å². The molecule has 0 unspecified atom stereocenters. The summed E-state index contributed by atoms with van der Waals surface area (Å²) in [5.74, 6) is -1.38. The largest absolute Gasteiger partial charge is 0.478 e. The van der Waals surface area contributed by atoms with Crippen LogP contribution in [0.5, 0.6) is 0 Å². The van der Waals surface area contributed by atoms with Crippen LogP contribution in [-0.2, 0) is 0 Å². The van der Waals surface area contributed by atoms with Crippen LogP contribution < -0.4 is 0 Å². The Balaban J connectivity index is 2.36. The van der Waals surface area contributed by atoms with E-state index in [0.717, 1.165) is 0 Å². The first kappa shape index (κ1) is 12.3. The van der Waals surface area contributed by atoms with E-state index < -0.39 is 5.97 Å². The fraction of sp³-hybridized carbons (Fsp3) is 0. The minimum atomic E-state index is -1.02. The van der Waals surface area contributed by atoms with Gasteiger partial charge in [0.25, 0.3) is 0 Å². The monoisotopic (exact) mass is 267 g/mol. The van der Waals surface area contributed by atoms with E-state index in [4.69, 9.17) is 0 Å². The van der Waals surface area contributed by atoms with Crippen molar-refractivity contribution in [1.29, 1.82) is 0 Å². The molecule has 98 valence electrons. The van der Waals surface area contributed by atoms with E-state index in [1.165, 1.54) is 18.3 Å². The molecular formula is C16H10FNO2. The molecule has 1 heterocycles. The molecule has 3 aromatic rings. The molecule has 0 radical (unpaired) electrons. The summed E-state index contributed by atoms with van der Waals surface area (Å²) in [7, 11) is 0. The average Bonchev–Trinajstić information content (AvgIpc) is 2.46. The molecule has 3 rings (SSSR count). The molecule has 0 amide bonds. The number of aromatic carboxylic acids is 1. The highest BCUT2D eigenvalue weighted by molar-refractivity contribution is 6.06. The van der Waals surface area contributed by atoms with Crippen LogP contribution in [-0.4, -0.2) is 16.1 Å². The fourth-order valence-corrected chi connectivity index (χ4v) is 2.26. The minimum Gasteiger partial charge on any atom is -0.478 e. The molecule has 0 fully saturated rings. The highest BCUT2D eigenvalue weighted by Crippen LogP contribution is 2.30. The number of carboxylic acids is 1. The zero-order valence-corrected chi connectivity index (χ0v) is 10.4. The molecule has 0 aliphatic rings. The van der Waals surface area contributed by atoms with Crippen LogP contribution in [0.1, 0.15) is 10.4 Å². The highest BCUT2D eigenvalue weighted by atomic mass is 19.1. The van der Waals surface area contributed by atoms with Crippen LogP contribution in [0.25, 0.3) is 22.0 Å². The van der Waals surface area contributed by atoms with Gasteiger partial charge in [0.15, 0.2) is 0 Å². The maximum Gasteiger partial charge on any atom is 0.336 e. The van der Waals surface area contributed by atoms with Gasteiger partial charge in [-0.1, -0.05) is 36.4 Å². The van der Waals surface area contributed by atoms with Gasteiger partial charge in [0.1, 0.15) is 5.82 Å². The van der Waals surface area contributed by atoms with Gasteiger partial charge in [-0.2, -0.15) is 0 Å². The number of nitrogens with zero attached hydrogens (tertiary/aromatic N) is 1. The topological polar surface area (TPSA) is 50.2 Å². The van der Waals surface area contributed by atoms with E-state index >= 15 is 0 Å². The van der Waals surface area contributed by atoms with Gasteiger partial charge < -0.3 is 5.11 Å². The number of pyridine rings is 1. The number of halogens is 1. The Bertz CT molecular complexity index is 814. The van der Waals surface area contributed by atoms with Gasteiger partial charge in [0.2, 0.25) is 0 Å². The molecule has 20 heavy (non-hydrogen) atoms. The lowest BCUT2D eigenvalue weighted by Gasteiger charge is -2.08. The summed E-state index contributed by atoms with van der Waals surface area (Å²) in [6, 6.07) is 12.9. The molecule has 0 bridgehead atoms. The maximum atomic E-state index is 13.9. The summed E-state index contributed by atoms with van der Waals surface area (Å²) in [5, 5.41) is 9.70. The first-order valence-electron chi connectivity index (χ1n) is 6.04. The zero-order chi connectivity index (χ0) is 14.1. The predicted octanol–water partition coefficient (Wildman–Crippen LogP) is 3.74. The van der Waals surface area contributed by atoms with Crippen LogP contribution in [0.15, 0.2) is 54.7 Å². The normalized spacial score (nSPS) is 10.7. The first-order valence-corrected chi connectivity index (χ1v) is 6.04. The Morgan fingerprint density at radius 1 is 1.00 bits per heavy atom. The van der Waals surface area contributed by atoms with Crippen molar-refractivity contribution in [2.75, 3.05) is 0 Å². The Morgan fingerprint density at radius 2 is 1.75 bits per heavy atom. The molecule has 1 aromatic heterocycles. The van der Waals surface area contributed by atoms with Crippen molar-refractivity contribution < 1.29 is 14.3 Å². The number of fused-ring (bicyclic) bond motifs is 1. The van der Waals surface area contributed by atoms with Crippen molar-refractivity contribution in [3.63, 3.8) is 0 Å². The van der Waals surface area contributed by atoms with Crippen LogP contribution in [0.3, 0.4) is 0 Å². The lowest BCUT2D eigenvalue weighted by Crippen LogP contribution is -1.99. The van der Waals surface area contributed by atoms with Gasteiger partial charge >= 0.3 is 5.97 Å². The summed E-state index contributed by atoms with van der Waals surface area (Å²) >= 11 is 0. The van der Waals surface area contributed by atoms with Gasteiger partial charge in [-0.3, -0.25) is 4.98 Å². The third-order valence-electron chi connectivity index (χ3n) is 3.17. The number of carboxylic acid groups (broad SMARTS) is 1. The minimum absolute atomic E-state index is 0.160. The van der Waals surface area contributed by atoms with E-state index in [1.807, 2.05) is 0 Å². The van der Waals surface area contributed by atoms with Crippen molar-refractivity contribution >= 4 is 16.9 Å². The Hall–Kier alpha value is -2.75. The average molecular weight is 267 g/mol. The SMILES string of the molecule is O=C(O)c1ccnc2c(-c3ccccc3F)cccc12. The van der Waals surface area contributed by atoms with E-state index in [9.17, 15) is 14.3 Å². The van der Waals surface area contributed by atoms with Gasteiger partial charge in [0, 0.05) is 22.7 Å². The van der Waals surface area contributed by atoms with Crippen LogP contribution in [0, 0.1) is 5.82 Å². The summed E-state index contributed by atoms with van der Waals surface area (Å²) in [5.41, 5.74) is 1.64. The summed E-state index contributed by atoms with van der Waals surface area (Å²) in [6.45, 7) is 0. The van der Waals surface area contributed by atoms with E-state index in [-0.39, 0.29) is 11.4 Å². The summed E-state index contributed by atoms with van der Waals surface area (Å²) < 4.78 is 13.9. The Morgan fingerprint density at radius 3 is 2.50 bits per heavy atom. The maximum absolute atomic E-state index is 13.9. The molecular weight excluding hydrogens is 257 g/mol. The van der Waals surface area contributed by atoms with Gasteiger partial charge in [0.05, 0.1) is 11.1 Å². The van der Waals surface area contributed by atoms with Crippen molar-refractivity contribution in [2.24, 2.45) is 0 Å². The molecule has 0 aliphatic heterocycles. The fourth-order valence-electron chi connectivity index (χ4n) is 2.26. The molecule has 2 aromatic carbocycles. The molecule has 4 heteroatoms. The van der Waals surface area contributed by atoms with Gasteiger partial charge in [-0.15, -0.1) is 0 Å². The molecule has 1 N–H and O–H groups in total. The van der Waals surface area contributed by atoms with Crippen LogP contribution in [0.2, 0.25) is 0 Å². The highest BCUT2D eigenvalue weighted by Gasteiger charge is 2.13. The summed E-state index contributed by atoms with van der Waals surface area (Å²) in [4.78, 5) is 15.4. The van der Waals surface area contributed by atoms with Crippen molar-refractivity contribution in [2.45, 2.75) is 0 Å². The van der Waals surface area contributed by atoms with Crippen molar-refractivity contribution in [3.05, 3.63) is 66.1 Å². The molecule has 0 atom stereocenters.